The minimum absolute atomic E-state index is 0.212. The van der Waals surface area contributed by atoms with Gasteiger partial charge in [0.25, 0.3) is 5.56 Å². The number of aromatic nitrogens is 1. The molecular weight excluding hydrogens is 672 g/mol. The van der Waals surface area contributed by atoms with E-state index in [2.05, 4.69) is 36.9 Å². The number of methoxy groups -OCH3 is 1. The number of esters is 1. The third kappa shape index (κ3) is 6.10. The molecule has 1 aliphatic rings. The summed E-state index contributed by atoms with van der Waals surface area (Å²) in [7, 11) is 1.59. The molecule has 210 valence electrons. The Morgan fingerprint density at radius 3 is 2.39 bits per heavy atom. The van der Waals surface area contributed by atoms with Gasteiger partial charge in [-0.1, -0.05) is 53.8 Å². The van der Waals surface area contributed by atoms with E-state index in [1.807, 2.05) is 60.7 Å². The van der Waals surface area contributed by atoms with E-state index < -0.39 is 12.0 Å². The van der Waals surface area contributed by atoms with E-state index in [0.717, 1.165) is 25.6 Å². The number of fused-ring (bicyclic) bond motifs is 1. The Morgan fingerprint density at radius 2 is 1.76 bits per heavy atom. The second kappa shape index (κ2) is 12.6. The summed E-state index contributed by atoms with van der Waals surface area (Å²) >= 11 is 8.51. The van der Waals surface area contributed by atoms with E-state index in [-0.39, 0.29) is 12.2 Å². The van der Waals surface area contributed by atoms with Crippen LogP contribution in [0.3, 0.4) is 0 Å². The molecule has 0 N–H and O–H groups in total. The molecule has 1 aromatic heterocycles. The van der Waals surface area contributed by atoms with E-state index in [1.54, 1.807) is 37.7 Å². The first-order valence-corrected chi connectivity index (χ1v) is 15.2. The predicted molar refractivity (Wildman–Crippen MR) is 166 cm³/mol. The second-order valence-electron chi connectivity index (χ2n) is 9.16. The summed E-state index contributed by atoms with van der Waals surface area (Å²) in [6.45, 7) is 4.15. The molecule has 1 aliphatic heterocycles. The Labute approximate surface area is 257 Å². The van der Waals surface area contributed by atoms with Crippen LogP contribution in [0.5, 0.6) is 11.5 Å². The Balaban J connectivity index is 1.56. The molecule has 4 aromatic rings. The van der Waals surface area contributed by atoms with Crippen molar-refractivity contribution in [2.45, 2.75) is 26.5 Å². The Hall–Kier alpha value is -3.47. The number of halogens is 2. The first-order chi connectivity index (χ1) is 19.8. The van der Waals surface area contributed by atoms with Gasteiger partial charge >= 0.3 is 5.97 Å². The standard InChI is InChI=1S/C31H26Br2N2O5S/c1-4-39-30(37)26-18(2)34-31-35(27(26)21-10-12-22(38-3)13-11-21)29(36)25(41-31)16-20-14-23(32)28(24(33)15-20)40-17-19-8-6-5-7-9-19/h5-16,27H,4,17H2,1-3H3/b25-16-. The SMILES string of the molecule is CCOC(=O)C1=C(C)N=c2s/c(=C\c3cc(Br)c(OCc4ccccc4)c(Br)c3)c(=O)n2C1c1ccc(OC)cc1. The lowest BCUT2D eigenvalue weighted by molar-refractivity contribution is -0.139. The number of carbonyl (C=O) groups excluding carboxylic acids is 1. The molecule has 5 rings (SSSR count). The predicted octanol–water partition coefficient (Wildman–Crippen LogP) is 5.91. The number of nitrogens with zero attached hydrogens (tertiary/aromatic N) is 2. The zero-order valence-corrected chi connectivity index (χ0v) is 26.5. The zero-order valence-electron chi connectivity index (χ0n) is 22.5. The quantitative estimate of drug-likeness (QED) is 0.214. The van der Waals surface area contributed by atoms with Gasteiger partial charge in [0.2, 0.25) is 0 Å². The summed E-state index contributed by atoms with van der Waals surface area (Å²) in [4.78, 5) is 32.1. The van der Waals surface area contributed by atoms with Gasteiger partial charge in [-0.25, -0.2) is 9.79 Å². The Morgan fingerprint density at radius 1 is 1.07 bits per heavy atom. The highest BCUT2D eigenvalue weighted by molar-refractivity contribution is 9.11. The summed E-state index contributed by atoms with van der Waals surface area (Å²) in [5, 5.41) is 0. The van der Waals surface area contributed by atoms with E-state index in [4.69, 9.17) is 14.2 Å². The molecule has 0 spiro atoms. The zero-order chi connectivity index (χ0) is 29.1. The highest BCUT2D eigenvalue weighted by Gasteiger charge is 2.33. The first-order valence-electron chi connectivity index (χ1n) is 12.8. The third-order valence-corrected chi connectivity index (χ3v) is 8.65. The second-order valence-corrected chi connectivity index (χ2v) is 11.9. The average molecular weight is 698 g/mol. The molecule has 0 aliphatic carbocycles. The van der Waals surface area contributed by atoms with Crippen LogP contribution < -0.4 is 24.4 Å². The number of benzene rings is 3. The lowest BCUT2D eigenvalue weighted by Crippen LogP contribution is -2.39. The Bertz CT molecular complexity index is 1790. The van der Waals surface area contributed by atoms with Gasteiger partial charge in [0.05, 0.1) is 44.5 Å². The number of ether oxygens (including phenoxy) is 3. The maximum atomic E-state index is 13.9. The molecule has 0 radical (unpaired) electrons. The summed E-state index contributed by atoms with van der Waals surface area (Å²) in [5.41, 5.74) is 3.20. The van der Waals surface area contributed by atoms with Crippen molar-refractivity contribution in [3.8, 4) is 11.5 Å². The lowest BCUT2D eigenvalue weighted by Gasteiger charge is -2.24. The van der Waals surface area contributed by atoms with Crippen LogP contribution >= 0.6 is 43.2 Å². The van der Waals surface area contributed by atoms with Crippen LogP contribution in [0.15, 0.2) is 96.7 Å². The van der Waals surface area contributed by atoms with Crippen molar-refractivity contribution in [1.29, 1.82) is 0 Å². The van der Waals surface area contributed by atoms with Crippen LogP contribution in [-0.4, -0.2) is 24.3 Å². The minimum Gasteiger partial charge on any atom is -0.497 e. The van der Waals surface area contributed by atoms with Crippen molar-refractivity contribution < 1.29 is 19.0 Å². The number of rotatable bonds is 8. The van der Waals surface area contributed by atoms with E-state index in [0.29, 0.717) is 38.7 Å². The van der Waals surface area contributed by atoms with Gasteiger partial charge in [0.1, 0.15) is 18.1 Å². The first kappa shape index (κ1) is 29.0. The van der Waals surface area contributed by atoms with Crippen LogP contribution in [-0.2, 0) is 16.1 Å². The van der Waals surface area contributed by atoms with Crippen LogP contribution in [0.4, 0.5) is 0 Å². The van der Waals surface area contributed by atoms with Crippen molar-refractivity contribution in [3.05, 3.63) is 123 Å². The number of thiazole rings is 1. The molecule has 0 amide bonds. The van der Waals surface area contributed by atoms with Crippen molar-refractivity contribution in [1.82, 2.24) is 4.57 Å². The lowest BCUT2D eigenvalue weighted by atomic mass is 9.96. The smallest absolute Gasteiger partial charge is 0.338 e. The highest BCUT2D eigenvalue weighted by Crippen LogP contribution is 2.36. The Kier molecular flexibility index (Phi) is 8.91. The van der Waals surface area contributed by atoms with Gasteiger partial charge in [0.15, 0.2) is 4.80 Å². The van der Waals surface area contributed by atoms with Crippen molar-refractivity contribution >= 4 is 55.2 Å². The molecule has 1 atom stereocenters. The van der Waals surface area contributed by atoms with Crippen LogP contribution in [0.1, 0.15) is 36.6 Å². The van der Waals surface area contributed by atoms with Crippen LogP contribution in [0.25, 0.3) is 6.08 Å². The summed E-state index contributed by atoms with van der Waals surface area (Å²) in [5.74, 6) is 0.844. The van der Waals surface area contributed by atoms with Crippen molar-refractivity contribution in [3.63, 3.8) is 0 Å². The largest absolute Gasteiger partial charge is 0.497 e. The molecule has 41 heavy (non-hydrogen) atoms. The average Bonchev–Trinajstić information content (AvgIpc) is 3.26. The number of hydrogen-bond donors (Lipinski definition) is 0. The van der Waals surface area contributed by atoms with Gasteiger partial charge in [-0.3, -0.25) is 9.36 Å². The minimum atomic E-state index is -0.689. The van der Waals surface area contributed by atoms with E-state index in [1.165, 1.54) is 11.3 Å². The van der Waals surface area contributed by atoms with Crippen LogP contribution in [0, 0.1) is 0 Å². The van der Waals surface area contributed by atoms with Crippen LogP contribution in [0.2, 0.25) is 0 Å². The third-order valence-electron chi connectivity index (χ3n) is 6.49. The molecule has 0 fully saturated rings. The van der Waals surface area contributed by atoms with Gasteiger partial charge in [-0.05, 0) is 92.7 Å². The number of carbonyl (C=O) groups is 1. The molecule has 1 unspecified atom stereocenters. The van der Waals surface area contributed by atoms with E-state index >= 15 is 0 Å². The summed E-state index contributed by atoms with van der Waals surface area (Å²) in [6, 6.07) is 20.3. The van der Waals surface area contributed by atoms with Gasteiger partial charge in [0, 0.05) is 0 Å². The normalized spacial score (nSPS) is 14.9. The monoisotopic (exact) mass is 696 g/mol. The van der Waals surface area contributed by atoms with Crippen molar-refractivity contribution in [2.75, 3.05) is 13.7 Å². The summed E-state index contributed by atoms with van der Waals surface area (Å²) < 4.78 is 20.3. The summed E-state index contributed by atoms with van der Waals surface area (Å²) in [6.07, 6.45) is 1.81. The van der Waals surface area contributed by atoms with Crippen molar-refractivity contribution in [2.24, 2.45) is 4.99 Å². The maximum Gasteiger partial charge on any atom is 0.338 e. The van der Waals surface area contributed by atoms with E-state index in [9.17, 15) is 9.59 Å². The molecule has 0 bridgehead atoms. The molecule has 7 nitrogen and oxygen atoms in total. The fraction of sp³-hybridized carbons (Fsp3) is 0.194. The van der Waals surface area contributed by atoms with Gasteiger partial charge in [-0.15, -0.1) is 0 Å². The highest BCUT2D eigenvalue weighted by atomic mass is 79.9. The molecular formula is C31H26Br2N2O5S. The topological polar surface area (TPSA) is 79.1 Å². The molecule has 0 saturated heterocycles. The number of allylic oxidation sites excluding steroid dienone is 1. The molecule has 3 aromatic carbocycles. The fourth-order valence-corrected chi connectivity index (χ4v) is 7.07. The molecule has 0 saturated carbocycles. The number of hydrogen-bond acceptors (Lipinski definition) is 7. The molecule has 2 heterocycles. The van der Waals surface area contributed by atoms with Gasteiger partial charge in [-0.2, -0.15) is 0 Å². The fourth-order valence-electron chi connectivity index (χ4n) is 4.57. The maximum absolute atomic E-state index is 13.9. The molecule has 10 heteroatoms. The van der Waals surface area contributed by atoms with Gasteiger partial charge < -0.3 is 14.2 Å².